The van der Waals surface area contributed by atoms with Crippen LogP contribution in [0.5, 0.6) is 0 Å². The third kappa shape index (κ3) is 1.91. The third-order valence-electron chi connectivity index (χ3n) is 2.25. The fraction of sp³-hybridized carbons (Fsp3) is 0.857. The largest absolute Gasteiger partial charge is 0.480 e. The van der Waals surface area contributed by atoms with Crippen LogP contribution in [0.15, 0.2) is 0 Å². The topological polar surface area (TPSA) is 40.5 Å². The number of hydrogen-bond acceptors (Lipinski definition) is 2. The van der Waals surface area contributed by atoms with Crippen LogP contribution in [0.2, 0.25) is 0 Å². The maximum atomic E-state index is 10.7. The maximum Gasteiger partial charge on any atom is 0.321 e. The molecule has 1 aliphatic rings. The summed E-state index contributed by atoms with van der Waals surface area (Å²) in [5, 5.41) is 8.77. The van der Waals surface area contributed by atoms with Crippen LogP contribution >= 0.6 is 9.39 Å². The van der Waals surface area contributed by atoms with Crippen molar-refractivity contribution < 1.29 is 9.90 Å². The summed E-state index contributed by atoms with van der Waals surface area (Å²) in [6, 6.07) is 0.0959. The Bertz CT molecular complexity index is 163. The lowest BCUT2D eigenvalue weighted by Gasteiger charge is -2.34. The second kappa shape index (κ2) is 3.51. The normalized spacial score (nSPS) is 33.6. The second-order valence-corrected chi connectivity index (χ2v) is 3.68. The van der Waals surface area contributed by atoms with Crippen LogP contribution in [0.4, 0.5) is 0 Å². The molecule has 1 saturated heterocycles. The van der Waals surface area contributed by atoms with Gasteiger partial charge in [0.25, 0.3) is 0 Å². The fourth-order valence-corrected chi connectivity index (χ4v) is 1.89. The summed E-state index contributed by atoms with van der Waals surface area (Å²) in [5.74, 6) is -0.702. The van der Waals surface area contributed by atoms with E-state index in [1.807, 2.05) is 4.67 Å². The van der Waals surface area contributed by atoms with Gasteiger partial charge in [-0.1, -0.05) is 9.39 Å². The first kappa shape index (κ1) is 8.95. The quantitative estimate of drug-likeness (QED) is 0.607. The monoisotopic (exact) mass is 175 g/mol. The number of carboxylic acid groups (broad SMARTS) is 1. The van der Waals surface area contributed by atoms with Crippen LogP contribution in [0.1, 0.15) is 26.2 Å². The van der Waals surface area contributed by atoms with Gasteiger partial charge in [0.05, 0.1) is 0 Å². The first-order valence-electron chi connectivity index (χ1n) is 3.88. The van der Waals surface area contributed by atoms with Crippen molar-refractivity contribution in [3.05, 3.63) is 0 Å². The number of aliphatic carboxylic acids is 1. The van der Waals surface area contributed by atoms with Gasteiger partial charge in [0, 0.05) is 6.04 Å². The van der Waals surface area contributed by atoms with Crippen LogP contribution in [0.25, 0.3) is 0 Å². The average Bonchev–Trinajstić information content (AvgIpc) is 1.94. The molecule has 0 amide bonds. The highest BCUT2D eigenvalue weighted by Crippen LogP contribution is 2.25. The summed E-state index contributed by atoms with van der Waals surface area (Å²) in [6.45, 7) is 2.06. The number of carbonyl (C=O) groups is 1. The molecule has 0 spiro atoms. The number of piperidine rings is 1. The Kier molecular flexibility index (Phi) is 2.85. The molecule has 1 aliphatic heterocycles. The van der Waals surface area contributed by atoms with Gasteiger partial charge >= 0.3 is 5.97 Å². The third-order valence-corrected chi connectivity index (χ3v) is 3.12. The minimum atomic E-state index is -0.702. The molecule has 3 nitrogen and oxygen atoms in total. The molecule has 0 saturated carbocycles. The lowest BCUT2D eigenvalue weighted by atomic mass is 10.00. The van der Waals surface area contributed by atoms with E-state index in [1.165, 1.54) is 0 Å². The number of carboxylic acids is 1. The number of rotatable bonds is 1. The van der Waals surface area contributed by atoms with E-state index in [1.54, 1.807) is 0 Å². The predicted molar refractivity (Wildman–Crippen MR) is 46.3 cm³/mol. The molecule has 3 atom stereocenters. The highest BCUT2D eigenvalue weighted by atomic mass is 31.0. The van der Waals surface area contributed by atoms with Gasteiger partial charge in [0.15, 0.2) is 0 Å². The highest BCUT2D eigenvalue weighted by molar-refractivity contribution is 7.13. The molecule has 1 rings (SSSR count). The molecule has 1 fully saturated rings. The van der Waals surface area contributed by atoms with Crippen LogP contribution in [-0.2, 0) is 4.79 Å². The summed E-state index contributed by atoms with van der Waals surface area (Å²) in [6.07, 6.45) is 2.92. The minimum absolute atomic E-state index is 0.288. The molecule has 11 heavy (non-hydrogen) atoms. The van der Waals surface area contributed by atoms with Gasteiger partial charge in [-0.3, -0.25) is 9.46 Å². The molecule has 2 unspecified atom stereocenters. The Labute approximate surface area is 69.0 Å². The number of hydrogen-bond donors (Lipinski definition) is 1. The standard InChI is InChI=1S/C7H14NO2P/c1-5-3-2-4-6(7(9)10)8(5)11/h5-6H,2-4,11H2,1H3,(H,9,10)/t5?,6-/m0/s1. The molecule has 0 radical (unpaired) electrons. The molecular weight excluding hydrogens is 161 g/mol. The summed E-state index contributed by atoms with van der Waals surface area (Å²) in [5.41, 5.74) is 0. The van der Waals surface area contributed by atoms with Crippen molar-refractivity contribution in [2.75, 3.05) is 0 Å². The molecule has 1 N–H and O–H groups in total. The van der Waals surface area contributed by atoms with Crippen LogP contribution < -0.4 is 0 Å². The lowest BCUT2D eigenvalue weighted by molar-refractivity contribution is -0.142. The Balaban J connectivity index is 2.58. The first-order chi connectivity index (χ1) is 5.13. The molecule has 0 aromatic carbocycles. The SMILES string of the molecule is CC1CCC[C@@H](C(=O)O)N1P. The van der Waals surface area contributed by atoms with Gasteiger partial charge < -0.3 is 5.11 Å². The fourth-order valence-electron chi connectivity index (χ4n) is 1.46. The molecule has 0 aromatic rings. The average molecular weight is 175 g/mol. The van der Waals surface area contributed by atoms with E-state index in [4.69, 9.17) is 5.11 Å². The number of nitrogens with zero attached hydrogens (tertiary/aromatic N) is 1. The summed E-state index contributed by atoms with van der Waals surface area (Å²) >= 11 is 0. The van der Waals surface area contributed by atoms with E-state index in [2.05, 4.69) is 16.3 Å². The Morgan fingerprint density at radius 3 is 2.73 bits per heavy atom. The van der Waals surface area contributed by atoms with Gasteiger partial charge in [-0.2, -0.15) is 0 Å². The van der Waals surface area contributed by atoms with Crippen molar-refractivity contribution in [2.45, 2.75) is 38.3 Å². The van der Waals surface area contributed by atoms with Crippen molar-refractivity contribution in [1.29, 1.82) is 0 Å². The predicted octanol–water partition coefficient (Wildman–Crippen LogP) is 1.10. The van der Waals surface area contributed by atoms with Gasteiger partial charge in [0.2, 0.25) is 0 Å². The molecule has 0 bridgehead atoms. The van der Waals surface area contributed by atoms with Crippen molar-refractivity contribution >= 4 is 15.4 Å². The summed E-state index contributed by atoms with van der Waals surface area (Å²) < 4.78 is 1.87. The van der Waals surface area contributed by atoms with Crippen LogP contribution in [0, 0.1) is 0 Å². The second-order valence-electron chi connectivity index (χ2n) is 3.08. The molecule has 0 aromatic heterocycles. The van der Waals surface area contributed by atoms with Crippen molar-refractivity contribution in [3.63, 3.8) is 0 Å². The van der Waals surface area contributed by atoms with Crippen LogP contribution in [0.3, 0.4) is 0 Å². The Morgan fingerprint density at radius 2 is 2.27 bits per heavy atom. The van der Waals surface area contributed by atoms with E-state index >= 15 is 0 Å². The van der Waals surface area contributed by atoms with Crippen molar-refractivity contribution in [2.24, 2.45) is 0 Å². The van der Waals surface area contributed by atoms with E-state index in [-0.39, 0.29) is 6.04 Å². The highest BCUT2D eigenvalue weighted by Gasteiger charge is 2.29. The Hall–Kier alpha value is -0.140. The molecular formula is C7H14NO2P. The lowest BCUT2D eigenvalue weighted by Crippen LogP contribution is -2.42. The maximum absolute atomic E-state index is 10.7. The van der Waals surface area contributed by atoms with Crippen molar-refractivity contribution in [3.8, 4) is 0 Å². The zero-order chi connectivity index (χ0) is 8.43. The van der Waals surface area contributed by atoms with Gasteiger partial charge in [-0.15, -0.1) is 0 Å². The zero-order valence-electron chi connectivity index (χ0n) is 6.66. The minimum Gasteiger partial charge on any atom is -0.480 e. The molecule has 64 valence electrons. The van der Waals surface area contributed by atoms with Crippen LogP contribution in [-0.4, -0.2) is 27.8 Å². The van der Waals surface area contributed by atoms with E-state index in [0.717, 1.165) is 19.3 Å². The van der Waals surface area contributed by atoms with E-state index in [0.29, 0.717) is 6.04 Å². The molecule has 1 heterocycles. The van der Waals surface area contributed by atoms with Gasteiger partial charge in [0.1, 0.15) is 6.04 Å². The van der Waals surface area contributed by atoms with E-state index < -0.39 is 5.97 Å². The van der Waals surface area contributed by atoms with Gasteiger partial charge in [-0.05, 0) is 26.2 Å². The zero-order valence-corrected chi connectivity index (χ0v) is 7.81. The summed E-state index contributed by atoms with van der Waals surface area (Å²) in [4.78, 5) is 10.7. The first-order valence-corrected chi connectivity index (χ1v) is 4.40. The molecule has 4 heteroatoms. The summed E-state index contributed by atoms with van der Waals surface area (Å²) in [7, 11) is 2.51. The van der Waals surface area contributed by atoms with Crippen molar-refractivity contribution in [1.82, 2.24) is 4.67 Å². The Morgan fingerprint density at radius 1 is 1.64 bits per heavy atom. The van der Waals surface area contributed by atoms with E-state index in [9.17, 15) is 4.79 Å². The molecule has 0 aliphatic carbocycles. The smallest absolute Gasteiger partial charge is 0.321 e. The van der Waals surface area contributed by atoms with Gasteiger partial charge in [-0.25, -0.2) is 0 Å².